The van der Waals surface area contributed by atoms with Gasteiger partial charge in [-0.2, -0.15) is 0 Å². The Labute approximate surface area is 446 Å². The normalized spacial score (nSPS) is 27.5. The predicted octanol–water partition coefficient (Wildman–Crippen LogP) is -5.32. The van der Waals surface area contributed by atoms with E-state index in [2.05, 4.69) is 30.9 Å². The van der Waals surface area contributed by atoms with Crippen molar-refractivity contribution in [1.29, 1.82) is 0 Å². The molecule has 3 fully saturated rings. The van der Waals surface area contributed by atoms with Gasteiger partial charge in [0.05, 0.1) is 39.6 Å². The van der Waals surface area contributed by atoms with Crippen LogP contribution in [0.5, 0.6) is 0 Å². The van der Waals surface area contributed by atoms with Crippen molar-refractivity contribution in [2.45, 2.75) is 131 Å². The van der Waals surface area contributed by atoms with E-state index in [0.29, 0.717) is 0 Å². The van der Waals surface area contributed by atoms with Crippen LogP contribution in [-0.2, 0) is 66.1 Å². The average Bonchev–Trinajstić information content (AvgIpc) is 4.19. The molecule has 79 heavy (non-hydrogen) atoms. The van der Waals surface area contributed by atoms with Crippen molar-refractivity contribution in [1.82, 2.24) is 44.6 Å². The molecule has 0 radical (unpaired) electrons. The summed E-state index contributed by atoms with van der Waals surface area (Å²) in [5, 5.41) is 40.8. The Morgan fingerprint density at radius 1 is 0.658 bits per heavy atom. The van der Waals surface area contributed by atoms with Crippen molar-refractivity contribution >= 4 is 25.3 Å². The number of rotatable bonds is 28. The van der Waals surface area contributed by atoms with Crippen LogP contribution in [0.15, 0.2) is 65.6 Å². The van der Waals surface area contributed by atoms with E-state index in [0.717, 1.165) is 57.4 Å². The van der Waals surface area contributed by atoms with Gasteiger partial charge in [-0.3, -0.25) is 62.0 Å². The van der Waals surface area contributed by atoms with Gasteiger partial charge in [0.25, 0.3) is 16.7 Å². The molecule has 6 heterocycles. The summed E-state index contributed by atoms with van der Waals surface area (Å²) >= 11 is 0. The van der Waals surface area contributed by atoms with Gasteiger partial charge in [-0.05, 0) is 20.8 Å². The second-order valence-electron chi connectivity index (χ2n) is 18.6. The van der Waals surface area contributed by atoms with Crippen LogP contribution in [0, 0.1) is 0 Å². The molecule has 10 N–H and O–H groups in total. The van der Waals surface area contributed by atoms with Crippen LogP contribution < -0.4 is 49.7 Å². The lowest BCUT2D eigenvalue weighted by atomic mass is 10.1. The number of ether oxygens (including phenoxy) is 9. The van der Waals surface area contributed by atoms with E-state index < -0.39 is 170 Å². The number of aliphatic hydroxyl groups is 3. The number of H-pyrrole nitrogens is 3. The second kappa shape index (κ2) is 27.5. The average molecular weight is 1150 g/mol. The van der Waals surface area contributed by atoms with E-state index >= 15 is 0 Å². The fourth-order valence-electron chi connectivity index (χ4n) is 8.57. The molecule has 0 bridgehead atoms. The SMILES string of the molecule is CNC(=O)CCOC1C(O)C(COC(O)C(C)(C)OC2C(COP(=O)(O)C(C)OC3C(CO)OC(n4ccc(=O)[nH]c4=O)C3OCCC(=O)NC)OC(n3ccc(=O)[nH]c3=O)C2OCCC(=O)NC)OC1n1ccc(=O)[nH]c1=O. The molecule has 15 atom stereocenters. The van der Waals surface area contributed by atoms with Gasteiger partial charge in [0.2, 0.25) is 17.7 Å². The number of hydrogen-bond donors (Lipinski definition) is 10. The summed E-state index contributed by atoms with van der Waals surface area (Å²) < 4.78 is 77.1. The lowest BCUT2D eigenvalue weighted by Crippen LogP contribution is -2.51. The molecule has 440 valence electrons. The van der Waals surface area contributed by atoms with Gasteiger partial charge in [0.15, 0.2) is 30.8 Å². The van der Waals surface area contributed by atoms with Gasteiger partial charge >= 0.3 is 24.7 Å². The molecule has 6 rings (SSSR count). The first kappa shape index (κ1) is 62.3. The molecule has 3 amide bonds. The van der Waals surface area contributed by atoms with Gasteiger partial charge in [0, 0.05) is 77.2 Å². The van der Waals surface area contributed by atoms with Crippen molar-refractivity contribution in [2.75, 3.05) is 60.8 Å². The van der Waals surface area contributed by atoms with E-state index in [1.54, 1.807) is 0 Å². The topological polar surface area (TPSA) is 442 Å². The van der Waals surface area contributed by atoms with Crippen LogP contribution in [0.4, 0.5) is 0 Å². The maximum Gasteiger partial charge on any atom is 0.356 e. The largest absolute Gasteiger partial charge is 0.394 e. The van der Waals surface area contributed by atoms with Gasteiger partial charge < -0.3 is 83.3 Å². The molecule has 3 aliphatic rings. The van der Waals surface area contributed by atoms with Crippen molar-refractivity contribution < 1.29 is 86.3 Å². The summed E-state index contributed by atoms with van der Waals surface area (Å²) in [6.07, 6.45) is -16.6. The van der Waals surface area contributed by atoms with Crippen LogP contribution in [0.1, 0.15) is 58.7 Å². The lowest BCUT2D eigenvalue weighted by Gasteiger charge is -2.37. The van der Waals surface area contributed by atoms with Crippen LogP contribution >= 0.6 is 7.60 Å². The Kier molecular flexibility index (Phi) is 21.7. The van der Waals surface area contributed by atoms with Gasteiger partial charge in [-0.25, -0.2) is 14.4 Å². The molecule has 0 saturated carbocycles. The molecule has 3 aromatic heterocycles. The maximum absolute atomic E-state index is 14.3. The van der Waals surface area contributed by atoms with Crippen molar-refractivity contribution in [3.8, 4) is 0 Å². The molecule has 3 aliphatic heterocycles. The van der Waals surface area contributed by atoms with Crippen molar-refractivity contribution in [3.05, 3.63) is 99.3 Å². The van der Waals surface area contributed by atoms with Gasteiger partial charge in [0.1, 0.15) is 60.5 Å². The number of hydrogen-bond acceptors (Lipinski definition) is 23. The molecule has 3 aromatic rings. The minimum Gasteiger partial charge on any atom is -0.394 e. The van der Waals surface area contributed by atoms with Crippen LogP contribution in [0.25, 0.3) is 0 Å². The molecule has 15 unspecified atom stereocenters. The third kappa shape index (κ3) is 15.5. The first-order chi connectivity index (χ1) is 37.4. The Morgan fingerprint density at radius 2 is 1.06 bits per heavy atom. The molecule has 3 saturated heterocycles. The zero-order valence-corrected chi connectivity index (χ0v) is 44.5. The first-order valence-corrected chi connectivity index (χ1v) is 26.3. The number of nitrogens with one attached hydrogen (secondary N) is 6. The van der Waals surface area contributed by atoms with Crippen molar-refractivity contribution in [2.24, 2.45) is 0 Å². The van der Waals surface area contributed by atoms with E-state index in [4.69, 9.17) is 47.2 Å². The van der Waals surface area contributed by atoms with Crippen LogP contribution in [-0.4, -0.2) is 200 Å². The van der Waals surface area contributed by atoms with Crippen molar-refractivity contribution in [3.63, 3.8) is 0 Å². The Morgan fingerprint density at radius 3 is 1.49 bits per heavy atom. The third-order valence-electron chi connectivity index (χ3n) is 12.9. The minimum absolute atomic E-state index is 0.142. The number of nitrogens with zero attached hydrogens (tertiary/aromatic N) is 3. The molecule has 0 spiro atoms. The fraction of sp³-hybridized carbons (Fsp3) is 0.667. The van der Waals surface area contributed by atoms with Crippen LogP contribution in [0.2, 0.25) is 0 Å². The smallest absolute Gasteiger partial charge is 0.356 e. The van der Waals surface area contributed by atoms with E-state index in [-0.39, 0.29) is 39.1 Å². The predicted molar refractivity (Wildman–Crippen MR) is 265 cm³/mol. The molecule has 34 heteroatoms. The molecule has 0 aliphatic carbocycles. The highest BCUT2D eigenvalue weighted by Crippen LogP contribution is 2.51. The summed E-state index contributed by atoms with van der Waals surface area (Å²) in [5.74, 6) is -3.11. The monoisotopic (exact) mass is 1150 g/mol. The van der Waals surface area contributed by atoms with Gasteiger partial charge in [-0.1, -0.05) is 0 Å². The third-order valence-corrected chi connectivity index (χ3v) is 14.4. The minimum atomic E-state index is -5.07. The summed E-state index contributed by atoms with van der Waals surface area (Å²) in [5.41, 5.74) is -7.01. The quantitative estimate of drug-likeness (QED) is 0.0240. The summed E-state index contributed by atoms with van der Waals surface area (Å²) in [7, 11) is -0.899. The second-order valence-corrected chi connectivity index (χ2v) is 20.7. The number of carbonyl (C=O) groups excluding carboxylic acids is 3. The summed E-state index contributed by atoms with van der Waals surface area (Å²) in [4.78, 5) is 129. The molecular weight excluding hydrogens is 1080 g/mol. The first-order valence-electron chi connectivity index (χ1n) is 24.7. The standard InChI is InChI=1S/C45H66N9O24P/c1-22(74-33-23(19-55)75-39(36(33)70-17-11-27(57)47-5)53-14-8-30(60)50-43(53)65)79(67,68)73-21-25-34(37(71-18-12-28(58)48-6)40(77-25)54-15-9-31(61)51-44(54)66)78-45(2,3)41(63)72-20-24-32(62)35(69-16-10-26(56)46-4)38(76-24)52-13-7-29(59)49-42(52)64/h7-9,13-15,22-25,32-41,55,62-63H,10-12,16-21H2,1-6H3,(H,46,56)(H,47,57)(H,48,58)(H,67,68)(H,49,59,64)(H,50,60,65)(H,51,61,66). The number of amides is 3. The number of carbonyl (C=O) groups is 3. The number of aliphatic hydroxyl groups excluding tert-OH is 3. The van der Waals surface area contributed by atoms with Crippen LogP contribution in [0.3, 0.4) is 0 Å². The maximum atomic E-state index is 14.3. The Bertz CT molecular complexity index is 2980. The fourth-order valence-corrected chi connectivity index (χ4v) is 9.44. The number of aromatic nitrogens is 6. The van der Waals surface area contributed by atoms with E-state index in [9.17, 15) is 67.9 Å². The Balaban J connectivity index is 1.25. The molecular formula is C45H66N9O24P. The Hall–Kier alpha value is -5.88. The highest BCUT2D eigenvalue weighted by atomic mass is 31.2. The zero-order valence-electron chi connectivity index (χ0n) is 43.7. The van der Waals surface area contributed by atoms with E-state index in [1.807, 2.05) is 0 Å². The summed E-state index contributed by atoms with van der Waals surface area (Å²) in [6, 6.07) is 3.03. The molecule has 33 nitrogen and oxygen atoms in total. The number of aromatic amines is 3. The van der Waals surface area contributed by atoms with E-state index in [1.165, 1.54) is 35.0 Å². The zero-order chi connectivity index (χ0) is 57.9. The molecule has 0 aromatic carbocycles. The lowest BCUT2D eigenvalue weighted by molar-refractivity contribution is -0.256. The summed E-state index contributed by atoms with van der Waals surface area (Å²) in [6.45, 7) is 0.643. The highest BCUT2D eigenvalue weighted by molar-refractivity contribution is 7.53. The highest BCUT2D eigenvalue weighted by Gasteiger charge is 2.54. The van der Waals surface area contributed by atoms with Gasteiger partial charge in [-0.15, -0.1) is 0 Å².